The Bertz CT molecular complexity index is 3560. The molecule has 0 unspecified atom stereocenters. The Morgan fingerprint density at radius 1 is 0.279 bits per heavy atom. The zero-order valence-electron chi connectivity index (χ0n) is 32.9. The molecule has 9 aromatic carbocycles. The van der Waals surface area contributed by atoms with E-state index in [0.717, 1.165) is 82.9 Å². The minimum Gasteiger partial charge on any atom is -0.308 e. The van der Waals surface area contributed by atoms with Gasteiger partial charge in [0.05, 0.1) is 22.2 Å². The zero-order valence-corrected chi connectivity index (χ0v) is 32.9. The minimum atomic E-state index is 0.633. The number of fused-ring (bicyclic) bond motifs is 8. The van der Waals surface area contributed by atoms with E-state index in [-0.39, 0.29) is 0 Å². The molecule has 0 aliphatic heterocycles. The molecule has 284 valence electrons. The first kappa shape index (κ1) is 34.7. The lowest BCUT2D eigenvalue weighted by Gasteiger charge is -2.16. The van der Waals surface area contributed by atoms with Crippen LogP contribution < -0.4 is 0 Å². The fourth-order valence-electron chi connectivity index (χ4n) is 9.11. The predicted octanol–water partition coefficient (Wildman–Crippen LogP) is 14.2. The van der Waals surface area contributed by atoms with E-state index in [1.807, 2.05) is 60.7 Å². The number of hydrogen-bond donors (Lipinski definition) is 0. The average molecular weight is 778 g/mol. The Morgan fingerprint density at radius 2 is 0.770 bits per heavy atom. The third-order valence-corrected chi connectivity index (χ3v) is 11.8. The third kappa shape index (κ3) is 5.70. The Kier molecular flexibility index (Phi) is 8.10. The van der Waals surface area contributed by atoms with Gasteiger partial charge in [0.2, 0.25) is 0 Å². The fraction of sp³-hybridized carbons (Fsp3) is 0. The summed E-state index contributed by atoms with van der Waals surface area (Å²) >= 11 is 0. The quantitative estimate of drug-likeness (QED) is 0.158. The molecule has 5 nitrogen and oxygen atoms in total. The number of aromatic nitrogens is 5. The summed E-state index contributed by atoms with van der Waals surface area (Å²) in [6.45, 7) is 0. The van der Waals surface area contributed by atoms with E-state index >= 15 is 0 Å². The van der Waals surface area contributed by atoms with Crippen LogP contribution in [0.15, 0.2) is 212 Å². The predicted molar refractivity (Wildman–Crippen MR) is 252 cm³/mol. The highest BCUT2D eigenvalue weighted by atomic mass is 15.0. The lowest BCUT2D eigenvalue weighted by molar-refractivity contribution is 1.08. The highest BCUT2D eigenvalue weighted by molar-refractivity contribution is 6.28. The summed E-state index contributed by atoms with van der Waals surface area (Å²) in [5.74, 6) is 1.91. The number of pyridine rings is 1. The summed E-state index contributed by atoms with van der Waals surface area (Å²) in [7, 11) is 0. The smallest absolute Gasteiger partial charge is 0.164 e. The Labute approximate surface area is 351 Å². The zero-order chi connectivity index (χ0) is 40.3. The second kappa shape index (κ2) is 14.2. The van der Waals surface area contributed by atoms with Gasteiger partial charge in [-0.3, -0.25) is 0 Å². The van der Waals surface area contributed by atoms with Gasteiger partial charge in [0.25, 0.3) is 0 Å². The van der Waals surface area contributed by atoms with Crippen molar-refractivity contribution in [2.75, 3.05) is 0 Å². The van der Waals surface area contributed by atoms with Crippen molar-refractivity contribution in [3.8, 4) is 62.2 Å². The minimum absolute atomic E-state index is 0.633. The maximum atomic E-state index is 5.29. The first-order valence-electron chi connectivity index (χ1n) is 20.6. The van der Waals surface area contributed by atoms with Crippen LogP contribution in [0.25, 0.3) is 116 Å². The number of hydrogen-bond acceptors (Lipinski definition) is 4. The van der Waals surface area contributed by atoms with Crippen LogP contribution in [0.3, 0.4) is 0 Å². The molecule has 0 radical (unpaired) electrons. The molecule has 0 amide bonds. The molecule has 5 heteroatoms. The molecule has 0 N–H and O–H groups in total. The standard InChI is InChI=1S/C56H35N5/c1-5-18-36(19-6-1)51-48-35-33-45-44-30-17-29-43(52(44)61(39-24-11-4-12-25-39)53(45)50(48)47-28-15-16-31-49(47)57-51)42-32-34-46(41-27-14-13-26-40(41)42)56-59-54(37-20-7-2-8-21-37)58-55(60-56)38-22-9-3-10-23-38/h1-35H. The Hall–Kier alpha value is -8.28. The number of benzene rings is 9. The van der Waals surface area contributed by atoms with Gasteiger partial charge >= 0.3 is 0 Å². The van der Waals surface area contributed by atoms with Gasteiger partial charge in [-0.25, -0.2) is 19.9 Å². The van der Waals surface area contributed by atoms with Crippen LogP contribution in [-0.2, 0) is 0 Å². The molecule has 0 atom stereocenters. The fourth-order valence-corrected chi connectivity index (χ4v) is 9.11. The summed E-state index contributed by atoms with van der Waals surface area (Å²) in [6, 6.07) is 74.5. The van der Waals surface area contributed by atoms with Crippen molar-refractivity contribution < 1.29 is 0 Å². The van der Waals surface area contributed by atoms with Crippen LogP contribution >= 0.6 is 0 Å². The molecular formula is C56H35N5. The molecule has 0 fully saturated rings. The topological polar surface area (TPSA) is 56.5 Å². The monoisotopic (exact) mass is 777 g/mol. The SMILES string of the molecule is c1ccc(-c2nc(-c3ccccc3)nc(-c3ccc(-c4cccc5c6ccc7c(-c8ccccc8)nc8ccccc8c7c6n(-c6ccccc6)c45)c4ccccc34)n2)cc1. The normalized spacial score (nSPS) is 11.6. The molecule has 12 rings (SSSR count). The molecule has 3 heterocycles. The maximum absolute atomic E-state index is 5.29. The van der Waals surface area contributed by atoms with Crippen LogP contribution in [-0.4, -0.2) is 24.5 Å². The lowest BCUT2D eigenvalue weighted by Crippen LogP contribution is -2.01. The van der Waals surface area contributed by atoms with Crippen LogP contribution in [0.4, 0.5) is 0 Å². The Balaban J connectivity index is 1.16. The lowest BCUT2D eigenvalue weighted by atomic mass is 9.93. The Morgan fingerprint density at radius 3 is 1.44 bits per heavy atom. The second-order valence-corrected chi connectivity index (χ2v) is 15.3. The van der Waals surface area contributed by atoms with Gasteiger partial charge < -0.3 is 4.57 Å². The highest BCUT2D eigenvalue weighted by Gasteiger charge is 2.23. The average Bonchev–Trinajstić information content (AvgIpc) is 3.69. The summed E-state index contributed by atoms with van der Waals surface area (Å²) in [6.07, 6.45) is 0. The second-order valence-electron chi connectivity index (χ2n) is 15.3. The molecule has 0 saturated heterocycles. The van der Waals surface area contributed by atoms with Gasteiger partial charge in [0.1, 0.15) is 0 Å². The van der Waals surface area contributed by atoms with Crippen molar-refractivity contribution in [3.63, 3.8) is 0 Å². The van der Waals surface area contributed by atoms with Crippen molar-refractivity contribution >= 4 is 54.3 Å². The summed E-state index contributed by atoms with van der Waals surface area (Å²) < 4.78 is 2.48. The molecule has 0 spiro atoms. The number of nitrogens with zero attached hydrogens (tertiary/aromatic N) is 5. The summed E-state index contributed by atoms with van der Waals surface area (Å²) in [5, 5.41) is 8.00. The highest BCUT2D eigenvalue weighted by Crippen LogP contribution is 2.46. The van der Waals surface area contributed by atoms with Gasteiger partial charge in [0, 0.05) is 60.4 Å². The molecule has 0 bridgehead atoms. The van der Waals surface area contributed by atoms with Gasteiger partial charge in [0.15, 0.2) is 17.5 Å². The first-order chi connectivity index (χ1) is 30.3. The van der Waals surface area contributed by atoms with E-state index in [2.05, 4.69) is 156 Å². The van der Waals surface area contributed by atoms with E-state index in [4.69, 9.17) is 19.9 Å². The van der Waals surface area contributed by atoms with E-state index in [0.29, 0.717) is 17.5 Å². The molecule has 3 aromatic heterocycles. The third-order valence-electron chi connectivity index (χ3n) is 11.8. The van der Waals surface area contributed by atoms with Gasteiger partial charge in [-0.15, -0.1) is 0 Å². The molecule has 61 heavy (non-hydrogen) atoms. The van der Waals surface area contributed by atoms with Gasteiger partial charge in [-0.05, 0) is 40.6 Å². The van der Waals surface area contributed by atoms with Crippen molar-refractivity contribution in [1.82, 2.24) is 24.5 Å². The van der Waals surface area contributed by atoms with Crippen molar-refractivity contribution in [2.24, 2.45) is 0 Å². The van der Waals surface area contributed by atoms with E-state index in [1.54, 1.807) is 0 Å². The molecule has 0 aliphatic rings. The van der Waals surface area contributed by atoms with Crippen LogP contribution in [0.2, 0.25) is 0 Å². The van der Waals surface area contributed by atoms with Crippen LogP contribution in [0.1, 0.15) is 0 Å². The molecule has 12 aromatic rings. The van der Waals surface area contributed by atoms with Crippen molar-refractivity contribution in [2.45, 2.75) is 0 Å². The molecule has 0 saturated carbocycles. The summed E-state index contributed by atoms with van der Waals surface area (Å²) in [4.78, 5) is 20.5. The van der Waals surface area contributed by atoms with Gasteiger partial charge in [-0.2, -0.15) is 0 Å². The van der Waals surface area contributed by atoms with Crippen molar-refractivity contribution in [1.29, 1.82) is 0 Å². The van der Waals surface area contributed by atoms with E-state index in [9.17, 15) is 0 Å². The number of para-hydroxylation sites is 3. The van der Waals surface area contributed by atoms with E-state index < -0.39 is 0 Å². The summed E-state index contributed by atoms with van der Waals surface area (Å²) in [5.41, 5.74) is 11.5. The maximum Gasteiger partial charge on any atom is 0.164 e. The van der Waals surface area contributed by atoms with E-state index in [1.165, 1.54) is 16.2 Å². The van der Waals surface area contributed by atoms with Crippen LogP contribution in [0, 0.1) is 0 Å². The molecule has 0 aliphatic carbocycles. The van der Waals surface area contributed by atoms with Crippen molar-refractivity contribution in [3.05, 3.63) is 212 Å². The largest absolute Gasteiger partial charge is 0.308 e. The molecular weight excluding hydrogens is 743 g/mol. The van der Waals surface area contributed by atoms with Crippen LogP contribution in [0.5, 0.6) is 0 Å². The first-order valence-corrected chi connectivity index (χ1v) is 20.6. The number of rotatable bonds is 6. The van der Waals surface area contributed by atoms with Gasteiger partial charge in [-0.1, -0.05) is 188 Å².